The van der Waals surface area contributed by atoms with E-state index < -0.39 is 52.1 Å². The summed E-state index contributed by atoms with van der Waals surface area (Å²) < 4.78 is 4.52. The third-order valence-corrected chi connectivity index (χ3v) is 11.1. The molecule has 10 nitrogen and oxygen atoms in total. The van der Waals surface area contributed by atoms with Crippen molar-refractivity contribution in [2.24, 2.45) is 29.4 Å². The standard InChI is InChI=1S/C29H42Cl2N4O6/c30-29(31)19-15-35(23(21(19)29)26(38)33-20(24(36)25(32)37)14-16-8-7-9-16)27(39)22(17-10-3-1-4-11-17)34-28(40)41-18-12-5-2-6-13-18/h16-23H,1-15H2,(H2,32,37)(H,33,38)(H,34,40)/t19?,20?,21?,22-,23-/m0/s1. The van der Waals surface area contributed by atoms with Crippen molar-refractivity contribution >= 4 is 52.8 Å². The number of hydrogen-bond acceptors (Lipinski definition) is 6. The molecule has 3 unspecified atom stereocenters. The smallest absolute Gasteiger partial charge is 0.408 e. The highest BCUT2D eigenvalue weighted by molar-refractivity contribution is 6.51. The molecule has 5 rings (SSSR count). The van der Waals surface area contributed by atoms with E-state index in [1.54, 1.807) is 0 Å². The van der Waals surface area contributed by atoms with Crippen LogP contribution in [0.5, 0.6) is 0 Å². The average Bonchev–Trinajstić information content (AvgIpc) is 3.25. The van der Waals surface area contributed by atoms with Crippen LogP contribution in [0.25, 0.3) is 0 Å². The largest absolute Gasteiger partial charge is 0.446 e. The molecule has 0 spiro atoms. The Bertz CT molecular complexity index is 1040. The number of nitrogens with one attached hydrogen (secondary N) is 2. The number of nitrogens with zero attached hydrogens (tertiary/aromatic N) is 1. The van der Waals surface area contributed by atoms with Crippen LogP contribution in [0.2, 0.25) is 0 Å². The van der Waals surface area contributed by atoms with Gasteiger partial charge in [-0.15, -0.1) is 23.2 Å². The van der Waals surface area contributed by atoms with Crippen molar-refractivity contribution in [1.82, 2.24) is 15.5 Å². The number of amides is 4. The summed E-state index contributed by atoms with van der Waals surface area (Å²) in [5, 5.41) is 5.59. The van der Waals surface area contributed by atoms with E-state index in [0.29, 0.717) is 6.42 Å². The quantitative estimate of drug-likeness (QED) is 0.254. The molecule has 12 heteroatoms. The topological polar surface area (TPSA) is 148 Å². The number of nitrogens with two attached hydrogens (primary N) is 1. The lowest BCUT2D eigenvalue weighted by Crippen LogP contribution is -2.60. The highest BCUT2D eigenvalue weighted by Gasteiger charge is 2.74. The molecule has 41 heavy (non-hydrogen) atoms. The fourth-order valence-electron chi connectivity index (χ4n) is 7.38. The van der Waals surface area contributed by atoms with Gasteiger partial charge in [0.1, 0.15) is 22.5 Å². The van der Waals surface area contributed by atoms with Gasteiger partial charge in [-0.05, 0) is 56.8 Å². The molecule has 1 saturated heterocycles. The molecule has 0 aromatic heterocycles. The minimum atomic E-state index is -1.18. The number of carbonyl (C=O) groups excluding carboxylic acids is 5. The maximum absolute atomic E-state index is 14.2. The molecule has 5 fully saturated rings. The zero-order valence-corrected chi connectivity index (χ0v) is 25.0. The molecule has 4 saturated carbocycles. The number of likely N-dealkylation sites (tertiary alicyclic amines) is 1. The van der Waals surface area contributed by atoms with Crippen LogP contribution >= 0.6 is 23.2 Å². The molecule has 5 aliphatic rings. The lowest BCUT2D eigenvalue weighted by molar-refractivity contribution is -0.144. The first-order chi connectivity index (χ1) is 19.6. The maximum Gasteiger partial charge on any atom is 0.408 e. The van der Waals surface area contributed by atoms with Gasteiger partial charge in [0.2, 0.25) is 17.6 Å². The number of carbonyl (C=O) groups is 5. The summed E-state index contributed by atoms with van der Waals surface area (Å²) in [4.78, 5) is 66.8. The van der Waals surface area contributed by atoms with Gasteiger partial charge in [0.25, 0.3) is 5.91 Å². The van der Waals surface area contributed by atoms with Gasteiger partial charge in [0, 0.05) is 18.4 Å². The average molecular weight is 614 g/mol. The molecular weight excluding hydrogens is 571 g/mol. The fourth-order valence-corrected chi connectivity index (χ4v) is 8.20. The second-order valence-corrected chi connectivity index (χ2v) is 14.2. The highest BCUT2D eigenvalue weighted by Crippen LogP contribution is 2.65. The molecule has 4 aliphatic carbocycles. The van der Waals surface area contributed by atoms with Crippen molar-refractivity contribution in [1.29, 1.82) is 0 Å². The lowest BCUT2D eigenvalue weighted by Gasteiger charge is -2.37. The highest BCUT2D eigenvalue weighted by atomic mass is 35.5. The normalized spacial score (nSPS) is 29.4. The Morgan fingerprint density at radius 3 is 2.10 bits per heavy atom. The predicted octanol–water partition coefficient (Wildman–Crippen LogP) is 3.35. The number of piperidine rings is 1. The number of primary amides is 1. The number of alkyl carbamates (subject to hydrolysis) is 1. The van der Waals surface area contributed by atoms with Gasteiger partial charge >= 0.3 is 6.09 Å². The Morgan fingerprint density at radius 1 is 0.878 bits per heavy atom. The SMILES string of the molecule is NC(=O)C(=O)C(CC1CCC1)NC(=O)[C@@H]1C2C(CN1C(=O)[C@@H](NC(=O)OC1CCCCC1)C1CCCCC1)C2(Cl)Cl. The van der Waals surface area contributed by atoms with E-state index in [0.717, 1.165) is 83.5 Å². The summed E-state index contributed by atoms with van der Waals surface area (Å²) in [5.41, 5.74) is 5.29. The summed E-state index contributed by atoms with van der Waals surface area (Å²) in [7, 11) is 0. The maximum atomic E-state index is 14.2. The molecule has 0 aromatic rings. The van der Waals surface area contributed by atoms with Crippen LogP contribution in [0.15, 0.2) is 0 Å². The number of alkyl halides is 2. The molecule has 1 aliphatic heterocycles. The summed E-state index contributed by atoms with van der Waals surface area (Å²) in [6.07, 6.45) is 11.7. The number of fused-ring (bicyclic) bond motifs is 1. The van der Waals surface area contributed by atoms with Crippen molar-refractivity contribution in [3.05, 3.63) is 0 Å². The van der Waals surface area contributed by atoms with E-state index in [-0.39, 0.29) is 36.3 Å². The van der Waals surface area contributed by atoms with Crippen LogP contribution < -0.4 is 16.4 Å². The number of rotatable bonds is 10. The van der Waals surface area contributed by atoms with E-state index in [9.17, 15) is 24.0 Å². The van der Waals surface area contributed by atoms with Gasteiger partial charge in [-0.2, -0.15) is 0 Å². The second kappa shape index (κ2) is 12.7. The van der Waals surface area contributed by atoms with E-state index in [1.165, 1.54) is 4.90 Å². The van der Waals surface area contributed by atoms with Crippen molar-refractivity contribution in [3.63, 3.8) is 0 Å². The molecule has 4 N–H and O–H groups in total. The summed E-state index contributed by atoms with van der Waals surface area (Å²) in [5.74, 6) is -3.63. The van der Waals surface area contributed by atoms with Crippen molar-refractivity contribution in [2.75, 3.05) is 6.54 Å². The van der Waals surface area contributed by atoms with Gasteiger partial charge in [-0.25, -0.2) is 4.79 Å². The summed E-state index contributed by atoms with van der Waals surface area (Å²) >= 11 is 13.0. The zero-order chi connectivity index (χ0) is 29.3. The molecule has 0 bridgehead atoms. The van der Waals surface area contributed by atoms with E-state index in [2.05, 4.69) is 10.6 Å². The van der Waals surface area contributed by atoms with Crippen molar-refractivity contribution in [2.45, 2.75) is 118 Å². The van der Waals surface area contributed by atoms with Crippen LogP contribution in [0, 0.1) is 23.7 Å². The Hall–Kier alpha value is -2.07. The monoisotopic (exact) mass is 612 g/mol. The molecular formula is C29H42Cl2N4O6. The van der Waals surface area contributed by atoms with Crippen LogP contribution in [0.4, 0.5) is 4.79 Å². The molecule has 228 valence electrons. The number of ether oxygens (including phenoxy) is 1. The third kappa shape index (κ3) is 6.63. The number of halogens is 2. The molecule has 1 heterocycles. The van der Waals surface area contributed by atoms with Gasteiger partial charge in [-0.1, -0.05) is 44.9 Å². The summed E-state index contributed by atoms with van der Waals surface area (Å²) in [6.45, 7) is 0.161. The first kappa shape index (κ1) is 30.4. The van der Waals surface area contributed by atoms with Crippen LogP contribution in [-0.2, 0) is 23.9 Å². The number of Topliss-reactive ketones (excluding diaryl/α,β-unsaturated/α-hetero) is 1. The predicted molar refractivity (Wildman–Crippen MR) is 152 cm³/mol. The first-order valence-corrected chi connectivity index (χ1v) is 16.1. The van der Waals surface area contributed by atoms with Crippen molar-refractivity contribution in [3.8, 4) is 0 Å². The van der Waals surface area contributed by atoms with Crippen LogP contribution in [0.1, 0.15) is 89.9 Å². The van der Waals surface area contributed by atoms with Gasteiger partial charge in [0.15, 0.2) is 0 Å². The molecule has 0 radical (unpaired) electrons. The van der Waals surface area contributed by atoms with Gasteiger partial charge in [0.05, 0.1) is 6.04 Å². The Balaban J connectivity index is 1.33. The second-order valence-electron chi connectivity index (χ2n) is 12.7. The Kier molecular flexibility index (Phi) is 9.38. The molecule has 4 amide bonds. The van der Waals surface area contributed by atoms with Gasteiger partial charge < -0.3 is 26.0 Å². The number of hydrogen-bond donors (Lipinski definition) is 3. The third-order valence-electron chi connectivity index (χ3n) is 10.0. The molecule has 5 atom stereocenters. The van der Waals surface area contributed by atoms with E-state index >= 15 is 0 Å². The zero-order valence-electron chi connectivity index (χ0n) is 23.5. The van der Waals surface area contributed by atoms with Crippen molar-refractivity contribution < 1.29 is 28.7 Å². The lowest BCUT2D eigenvalue weighted by atomic mass is 9.80. The van der Waals surface area contributed by atoms with Crippen LogP contribution in [0.3, 0.4) is 0 Å². The first-order valence-electron chi connectivity index (χ1n) is 15.4. The fraction of sp³-hybridized carbons (Fsp3) is 0.828. The minimum absolute atomic E-state index is 0.0876. The minimum Gasteiger partial charge on any atom is -0.446 e. The van der Waals surface area contributed by atoms with E-state index in [1.807, 2.05) is 0 Å². The number of ketones is 1. The Morgan fingerprint density at radius 2 is 1.51 bits per heavy atom. The molecule has 0 aromatic carbocycles. The Labute approximate surface area is 251 Å². The van der Waals surface area contributed by atoms with E-state index in [4.69, 9.17) is 33.7 Å². The van der Waals surface area contributed by atoms with Crippen LogP contribution in [-0.4, -0.2) is 69.6 Å². The summed E-state index contributed by atoms with van der Waals surface area (Å²) in [6, 6.07) is -2.95. The van der Waals surface area contributed by atoms with Gasteiger partial charge in [-0.3, -0.25) is 19.2 Å².